The van der Waals surface area contributed by atoms with Gasteiger partial charge in [-0.1, -0.05) is 29.3 Å². The highest BCUT2D eigenvalue weighted by molar-refractivity contribution is 6.42. The monoisotopic (exact) mass is 264 g/mol. The van der Waals surface area contributed by atoms with E-state index in [-0.39, 0.29) is 16.1 Å². The molecular formula is C11H15Cl2FN2. The zero-order valence-corrected chi connectivity index (χ0v) is 10.8. The molecule has 90 valence electrons. The molecule has 2 N–H and O–H groups in total. The number of nitrogens with zero attached hydrogens (tertiary/aromatic N) is 1. The molecular weight excluding hydrogens is 250 g/mol. The van der Waals surface area contributed by atoms with E-state index in [1.54, 1.807) is 6.07 Å². The lowest BCUT2D eigenvalue weighted by Gasteiger charge is -2.23. The van der Waals surface area contributed by atoms with Crippen molar-refractivity contribution in [3.8, 4) is 0 Å². The number of rotatable bonds is 4. The summed E-state index contributed by atoms with van der Waals surface area (Å²) in [5.41, 5.74) is 6.36. The molecule has 0 aliphatic rings. The van der Waals surface area contributed by atoms with Gasteiger partial charge in [0.15, 0.2) is 0 Å². The summed E-state index contributed by atoms with van der Waals surface area (Å²) in [6.07, 6.45) is 0. The fraction of sp³-hybridized carbons (Fsp3) is 0.455. The first-order chi connectivity index (χ1) is 7.47. The van der Waals surface area contributed by atoms with E-state index in [0.29, 0.717) is 13.1 Å². The van der Waals surface area contributed by atoms with Crippen LogP contribution in [-0.4, -0.2) is 24.5 Å². The van der Waals surface area contributed by atoms with Crippen LogP contribution in [-0.2, 0) is 6.54 Å². The van der Waals surface area contributed by atoms with Gasteiger partial charge in [-0.25, -0.2) is 4.39 Å². The standard InChI is InChI=1S/C11H15Cl2FN2/c1-7(5-15)16(2)6-8-3-4-9(14)11(13)10(8)12/h3-4,7H,5-6,15H2,1-2H3. The van der Waals surface area contributed by atoms with Crippen molar-refractivity contribution < 1.29 is 4.39 Å². The summed E-state index contributed by atoms with van der Waals surface area (Å²) in [5, 5.41) is 0.255. The van der Waals surface area contributed by atoms with E-state index in [4.69, 9.17) is 28.9 Å². The van der Waals surface area contributed by atoms with Crippen molar-refractivity contribution in [1.82, 2.24) is 4.90 Å². The summed E-state index contributed by atoms with van der Waals surface area (Å²) in [6, 6.07) is 3.20. The van der Waals surface area contributed by atoms with Crippen LogP contribution in [0.3, 0.4) is 0 Å². The third-order valence-corrected chi connectivity index (χ3v) is 3.53. The molecule has 16 heavy (non-hydrogen) atoms. The van der Waals surface area contributed by atoms with Gasteiger partial charge in [0.2, 0.25) is 0 Å². The molecule has 0 saturated heterocycles. The second-order valence-corrected chi connectivity index (χ2v) is 4.59. The van der Waals surface area contributed by atoms with E-state index >= 15 is 0 Å². The Labute approximate surface area is 105 Å². The predicted octanol–water partition coefficient (Wildman–Crippen LogP) is 2.91. The second-order valence-electron chi connectivity index (χ2n) is 3.83. The number of likely N-dealkylation sites (N-methyl/N-ethyl adjacent to an activating group) is 1. The second kappa shape index (κ2) is 5.82. The first-order valence-corrected chi connectivity index (χ1v) is 5.75. The third-order valence-electron chi connectivity index (χ3n) is 2.63. The molecule has 2 nitrogen and oxygen atoms in total. The first kappa shape index (κ1) is 13.7. The molecule has 0 aliphatic carbocycles. The van der Waals surface area contributed by atoms with Gasteiger partial charge in [-0.15, -0.1) is 0 Å². The van der Waals surface area contributed by atoms with Crippen LogP contribution in [0.4, 0.5) is 4.39 Å². The van der Waals surface area contributed by atoms with Crippen molar-refractivity contribution in [3.05, 3.63) is 33.6 Å². The van der Waals surface area contributed by atoms with E-state index in [1.807, 2.05) is 18.9 Å². The largest absolute Gasteiger partial charge is 0.329 e. The summed E-state index contributed by atoms with van der Waals surface area (Å²) in [4.78, 5) is 2.04. The Morgan fingerprint density at radius 3 is 2.56 bits per heavy atom. The molecule has 0 bridgehead atoms. The van der Waals surface area contributed by atoms with Crippen LogP contribution in [0.5, 0.6) is 0 Å². The van der Waals surface area contributed by atoms with Crippen molar-refractivity contribution in [2.45, 2.75) is 19.5 Å². The van der Waals surface area contributed by atoms with Crippen LogP contribution in [0.1, 0.15) is 12.5 Å². The van der Waals surface area contributed by atoms with Crippen molar-refractivity contribution in [2.75, 3.05) is 13.6 Å². The lowest BCUT2D eigenvalue weighted by molar-refractivity contribution is 0.255. The van der Waals surface area contributed by atoms with Crippen molar-refractivity contribution in [3.63, 3.8) is 0 Å². The van der Waals surface area contributed by atoms with Crippen LogP contribution in [0.25, 0.3) is 0 Å². The quantitative estimate of drug-likeness (QED) is 0.848. The van der Waals surface area contributed by atoms with Gasteiger partial charge in [-0.3, -0.25) is 4.90 Å². The number of nitrogens with two attached hydrogens (primary N) is 1. The van der Waals surface area contributed by atoms with Gasteiger partial charge in [-0.2, -0.15) is 0 Å². The van der Waals surface area contributed by atoms with Gasteiger partial charge in [-0.05, 0) is 25.6 Å². The number of halogens is 3. The molecule has 0 saturated carbocycles. The van der Waals surface area contributed by atoms with Gasteiger partial charge in [0, 0.05) is 19.1 Å². The molecule has 1 unspecified atom stereocenters. The van der Waals surface area contributed by atoms with E-state index < -0.39 is 5.82 Å². The molecule has 0 aromatic heterocycles. The molecule has 1 aromatic rings. The Kier molecular flexibility index (Phi) is 4.99. The summed E-state index contributed by atoms with van der Waals surface area (Å²) < 4.78 is 13.1. The average molecular weight is 265 g/mol. The molecule has 0 radical (unpaired) electrons. The Morgan fingerprint density at radius 1 is 1.38 bits per heavy atom. The third kappa shape index (κ3) is 3.08. The maximum Gasteiger partial charge on any atom is 0.143 e. The van der Waals surface area contributed by atoms with E-state index in [1.165, 1.54) is 6.07 Å². The Balaban J connectivity index is 2.86. The minimum absolute atomic E-state index is 0.0204. The Bertz CT molecular complexity index is 371. The smallest absolute Gasteiger partial charge is 0.143 e. The van der Waals surface area contributed by atoms with E-state index in [2.05, 4.69) is 0 Å². The predicted molar refractivity (Wildman–Crippen MR) is 66.4 cm³/mol. The van der Waals surface area contributed by atoms with E-state index in [0.717, 1.165) is 5.56 Å². The fourth-order valence-corrected chi connectivity index (χ4v) is 1.69. The highest BCUT2D eigenvalue weighted by Gasteiger charge is 2.13. The molecule has 0 heterocycles. The summed E-state index contributed by atoms with van der Waals surface area (Å²) in [5.74, 6) is -0.495. The van der Waals surface area contributed by atoms with Crippen LogP contribution in [0.15, 0.2) is 12.1 Å². The van der Waals surface area contributed by atoms with Gasteiger partial charge in [0.25, 0.3) is 0 Å². The molecule has 0 aliphatic heterocycles. The minimum atomic E-state index is -0.495. The molecule has 0 fully saturated rings. The average Bonchev–Trinajstić information content (AvgIpc) is 2.28. The molecule has 1 aromatic carbocycles. The Morgan fingerprint density at radius 2 is 2.00 bits per heavy atom. The van der Waals surface area contributed by atoms with Gasteiger partial charge in [0.05, 0.1) is 10.0 Å². The zero-order valence-electron chi connectivity index (χ0n) is 9.30. The molecule has 5 heteroatoms. The number of hydrogen-bond acceptors (Lipinski definition) is 2. The first-order valence-electron chi connectivity index (χ1n) is 5.00. The van der Waals surface area contributed by atoms with Gasteiger partial charge >= 0.3 is 0 Å². The highest BCUT2D eigenvalue weighted by atomic mass is 35.5. The van der Waals surface area contributed by atoms with Crippen molar-refractivity contribution in [2.24, 2.45) is 5.73 Å². The summed E-state index contributed by atoms with van der Waals surface area (Å²) >= 11 is 11.7. The lowest BCUT2D eigenvalue weighted by atomic mass is 10.2. The SMILES string of the molecule is CC(CN)N(C)Cc1ccc(F)c(Cl)c1Cl. The Hall–Kier alpha value is -0.350. The maximum atomic E-state index is 13.1. The highest BCUT2D eigenvalue weighted by Crippen LogP contribution is 2.29. The normalized spacial score (nSPS) is 13.2. The maximum absolute atomic E-state index is 13.1. The van der Waals surface area contributed by atoms with Gasteiger partial charge in [0.1, 0.15) is 5.82 Å². The minimum Gasteiger partial charge on any atom is -0.329 e. The molecule has 1 atom stereocenters. The number of hydrogen-bond donors (Lipinski definition) is 1. The van der Waals surface area contributed by atoms with Crippen molar-refractivity contribution in [1.29, 1.82) is 0 Å². The fourth-order valence-electron chi connectivity index (χ4n) is 1.29. The topological polar surface area (TPSA) is 29.3 Å². The van der Waals surface area contributed by atoms with Gasteiger partial charge < -0.3 is 5.73 Å². The lowest BCUT2D eigenvalue weighted by Crippen LogP contribution is -2.34. The van der Waals surface area contributed by atoms with E-state index in [9.17, 15) is 4.39 Å². The molecule has 1 rings (SSSR count). The van der Waals surface area contributed by atoms with Crippen LogP contribution >= 0.6 is 23.2 Å². The summed E-state index contributed by atoms with van der Waals surface area (Å²) in [6.45, 7) is 3.17. The zero-order chi connectivity index (χ0) is 12.3. The van der Waals surface area contributed by atoms with Crippen LogP contribution in [0.2, 0.25) is 10.0 Å². The van der Waals surface area contributed by atoms with Crippen LogP contribution in [0, 0.1) is 5.82 Å². The van der Waals surface area contributed by atoms with Crippen molar-refractivity contribution >= 4 is 23.2 Å². The molecule has 0 amide bonds. The summed E-state index contributed by atoms with van der Waals surface area (Å²) in [7, 11) is 1.94. The van der Waals surface area contributed by atoms with Crippen LogP contribution < -0.4 is 5.73 Å². The number of benzene rings is 1. The molecule has 0 spiro atoms.